The summed E-state index contributed by atoms with van der Waals surface area (Å²) in [6, 6.07) is 16.1. The predicted molar refractivity (Wildman–Crippen MR) is 191 cm³/mol. The normalized spacial score (nSPS) is 23.8. The Morgan fingerprint density at radius 2 is 1.72 bits per heavy atom. The smallest absolute Gasteiger partial charge is 0.224 e. The van der Waals surface area contributed by atoms with Crippen molar-refractivity contribution >= 4 is 36.4 Å². The second kappa shape index (κ2) is 17.3. The van der Waals surface area contributed by atoms with Gasteiger partial charge in [-0.3, -0.25) is 4.79 Å². The Kier molecular flexibility index (Phi) is 14.4. The zero-order valence-electron chi connectivity index (χ0n) is 27.7. The number of nitrogens with zero attached hydrogens (tertiary/aromatic N) is 1. The Labute approximate surface area is 288 Å². The molecule has 5 unspecified atom stereocenters. The first-order chi connectivity index (χ1) is 21.1. The topological polar surface area (TPSA) is 94.1 Å². The van der Waals surface area contributed by atoms with Gasteiger partial charge >= 0.3 is 0 Å². The van der Waals surface area contributed by atoms with Crippen molar-refractivity contribution in [3.8, 4) is 5.75 Å². The van der Waals surface area contributed by atoms with E-state index in [1.165, 1.54) is 38.8 Å². The van der Waals surface area contributed by atoms with Gasteiger partial charge in [-0.15, -0.1) is 24.8 Å². The molecule has 0 spiro atoms. The van der Waals surface area contributed by atoms with Gasteiger partial charge in [0.2, 0.25) is 5.91 Å². The van der Waals surface area contributed by atoms with Crippen LogP contribution < -0.4 is 15.4 Å². The minimum absolute atomic E-state index is 0. The first kappa shape index (κ1) is 38.3. The van der Waals surface area contributed by atoms with Gasteiger partial charge in [0.05, 0.1) is 5.60 Å². The van der Waals surface area contributed by atoms with Crippen molar-refractivity contribution in [2.45, 2.75) is 89.4 Å². The summed E-state index contributed by atoms with van der Waals surface area (Å²) in [5.74, 6) is 2.45. The molecule has 2 aliphatic carbocycles. The minimum atomic E-state index is -0.664. The van der Waals surface area contributed by atoms with Crippen LogP contribution in [0.5, 0.6) is 5.75 Å². The first-order valence-corrected chi connectivity index (χ1v) is 16.8. The zero-order valence-corrected chi connectivity index (χ0v) is 29.4. The summed E-state index contributed by atoms with van der Waals surface area (Å²) in [4.78, 5) is 13.9. The largest absolute Gasteiger partial charge is 0.490 e. The van der Waals surface area contributed by atoms with Crippen LogP contribution in [0.1, 0.15) is 76.8 Å². The van der Waals surface area contributed by atoms with Crippen molar-refractivity contribution in [2.75, 3.05) is 38.1 Å². The number of carbonyl (C=O) groups is 1. The van der Waals surface area contributed by atoms with Crippen LogP contribution in [0.3, 0.4) is 0 Å². The van der Waals surface area contributed by atoms with E-state index in [-0.39, 0.29) is 42.9 Å². The lowest BCUT2D eigenvalue weighted by atomic mass is 9.72. The number of hydrogen-bond donors (Lipinski definition) is 4. The van der Waals surface area contributed by atoms with Crippen molar-refractivity contribution in [1.82, 2.24) is 10.2 Å². The minimum Gasteiger partial charge on any atom is -0.490 e. The van der Waals surface area contributed by atoms with Gasteiger partial charge in [0, 0.05) is 36.3 Å². The van der Waals surface area contributed by atoms with Crippen LogP contribution in [0, 0.1) is 17.8 Å². The number of halogens is 2. The monoisotopic (exact) mass is 675 g/mol. The van der Waals surface area contributed by atoms with E-state index in [1.807, 2.05) is 18.2 Å². The van der Waals surface area contributed by atoms with Gasteiger partial charge in [-0.1, -0.05) is 55.0 Å². The number of allylic oxidation sites excluding steroid dienone is 2. The van der Waals surface area contributed by atoms with E-state index in [9.17, 15) is 15.0 Å². The second-order valence-electron chi connectivity index (χ2n) is 14.3. The van der Waals surface area contributed by atoms with Gasteiger partial charge in [0.25, 0.3) is 0 Å². The molecule has 2 aliphatic heterocycles. The quantitative estimate of drug-likeness (QED) is 0.215. The predicted octanol–water partition coefficient (Wildman–Crippen LogP) is 6.51. The van der Waals surface area contributed by atoms with Crippen molar-refractivity contribution in [3.63, 3.8) is 0 Å². The number of ether oxygens (including phenoxy) is 1. The highest BCUT2D eigenvalue weighted by Crippen LogP contribution is 2.52. The zero-order chi connectivity index (χ0) is 31.2. The van der Waals surface area contributed by atoms with Crippen LogP contribution in [0.2, 0.25) is 0 Å². The highest BCUT2D eigenvalue weighted by atomic mass is 35.5. The summed E-state index contributed by atoms with van der Waals surface area (Å²) in [5, 5.41) is 27.8. The number of aliphatic hydroxyl groups excluding tert-OH is 1. The molecule has 6 rings (SSSR count). The van der Waals surface area contributed by atoms with E-state index in [4.69, 9.17) is 4.74 Å². The maximum Gasteiger partial charge on any atom is 0.224 e. The number of benzene rings is 2. The van der Waals surface area contributed by atoms with Crippen molar-refractivity contribution in [2.24, 2.45) is 17.8 Å². The number of piperidine rings is 1. The number of carbonyl (C=O) groups excluding carboxylic acids is 1. The van der Waals surface area contributed by atoms with E-state index in [0.717, 1.165) is 42.0 Å². The van der Waals surface area contributed by atoms with E-state index < -0.39 is 11.7 Å². The lowest BCUT2D eigenvalue weighted by Crippen LogP contribution is -2.42. The van der Waals surface area contributed by atoms with Crippen LogP contribution in [0.25, 0.3) is 0 Å². The fraction of sp³-hybridized carbons (Fsp3) is 0.595. The number of anilines is 1. The third kappa shape index (κ3) is 10.2. The lowest BCUT2D eigenvalue weighted by molar-refractivity contribution is -0.116. The van der Waals surface area contributed by atoms with Crippen LogP contribution in [0.4, 0.5) is 5.69 Å². The fourth-order valence-electron chi connectivity index (χ4n) is 7.31. The standard InChI is InChI=1S/C21H29NO.C16H24N2O3.2ClH/c23-21(19-7-3-1-4-8-19,11-14-22-12-5-2-6-13-22)20-16-17-9-10-18(20)15-17;1-16(2,3)17-9-11(19)10-21-14-6-4-5-13-12(14)7-8-15(20)18-13;;/h1,3-4,7-10,17-18,20,23H,2,5-6,11-16H2;4-6,11,17,19H,7-10H2,1-3H3,(H,18,20);2*1H. The van der Waals surface area contributed by atoms with E-state index >= 15 is 0 Å². The first-order valence-electron chi connectivity index (χ1n) is 16.8. The molecule has 2 aromatic carbocycles. The molecule has 0 aromatic heterocycles. The molecule has 2 aromatic rings. The average Bonchev–Trinajstić information content (AvgIpc) is 3.67. The molecule has 7 nitrogen and oxygen atoms in total. The summed E-state index contributed by atoms with van der Waals surface area (Å²) in [5.41, 5.74) is 2.25. The number of likely N-dealkylation sites (tertiary alicyclic amines) is 1. The molecule has 2 bridgehead atoms. The Balaban J connectivity index is 0.000000241. The van der Waals surface area contributed by atoms with Gasteiger partial charge in [0.1, 0.15) is 18.5 Å². The fourth-order valence-corrected chi connectivity index (χ4v) is 7.31. The Bertz CT molecular complexity index is 1270. The Hall–Kier alpha value is -2.13. The lowest BCUT2D eigenvalue weighted by Gasteiger charge is -2.40. The van der Waals surface area contributed by atoms with Gasteiger partial charge < -0.3 is 30.5 Å². The van der Waals surface area contributed by atoms with E-state index in [2.05, 4.69) is 78.8 Å². The molecule has 9 heteroatoms. The molecule has 1 amide bonds. The van der Waals surface area contributed by atoms with Crippen molar-refractivity contribution in [3.05, 3.63) is 71.8 Å². The molecule has 1 saturated heterocycles. The van der Waals surface area contributed by atoms with Gasteiger partial charge in [-0.05, 0) is 108 Å². The number of aliphatic hydroxyl groups is 2. The molecular formula is C37H55Cl2N3O4. The molecule has 2 fully saturated rings. The van der Waals surface area contributed by atoms with Crippen molar-refractivity contribution < 1.29 is 19.7 Å². The van der Waals surface area contributed by atoms with Gasteiger partial charge in [-0.25, -0.2) is 0 Å². The highest BCUT2D eigenvalue weighted by Gasteiger charge is 2.48. The molecule has 46 heavy (non-hydrogen) atoms. The van der Waals surface area contributed by atoms with E-state index in [1.54, 1.807) is 0 Å². The number of amides is 1. The highest BCUT2D eigenvalue weighted by molar-refractivity contribution is 5.94. The molecule has 2 heterocycles. The second-order valence-corrected chi connectivity index (χ2v) is 14.3. The summed E-state index contributed by atoms with van der Waals surface area (Å²) in [6.45, 7) is 10.3. The number of rotatable bonds is 10. The molecule has 4 N–H and O–H groups in total. The summed E-state index contributed by atoms with van der Waals surface area (Å²) < 4.78 is 5.73. The summed E-state index contributed by atoms with van der Waals surface area (Å²) in [7, 11) is 0. The molecule has 256 valence electrons. The third-order valence-electron chi connectivity index (χ3n) is 9.73. The SMILES string of the molecule is CC(C)(C)NCC(O)COc1cccc2c1CCC(=O)N2.Cl.Cl.OC(CCN1CCCCC1)(c1ccccc1)C1CC2C=CC1C2. The number of hydrogen-bond acceptors (Lipinski definition) is 6. The van der Waals surface area contributed by atoms with E-state index in [0.29, 0.717) is 37.1 Å². The maximum absolute atomic E-state index is 11.8. The molecule has 4 aliphatic rings. The number of β-amino-alcohol motifs (C(OH)–C–C–N with tert-alkyl or cyclic N) is 1. The van der Waals surface area contributed by atoms with Gasteiger partial charge in [0.15, 0.2) is 0 Å². The van der Waals surface area contributed by atoms with Gasteiger partial charge in [-0.2, -0.15) is 0 Å². The Morgan fingerprint density at radius 3 is 2.37 bits per heavy atom. The van der Waals surface area contributed by atoms with Crippen molar-refractivity contribution in [1.29, 1.82) is 0 Å². The van der Waals surface area contributed by atoms with Crippen LogP contribution in [-0.4, -0.2) is 65.4 Å². The number of nitrogens with one attached hydrogen (secondary N) is 2. The van der Waals surface area contributed by atoms with Crippen LogP contribution in [-0.2, 0) is 16.8 Å². The summed E-state index contributed by atoms with van der Waals surface area (Å²) in [6.07, 6.45) is 12.6. The number of fused-ring (bicyclic) bond motifs is 3. The molecular weight excluding hydrogens is 621 g/mol. The van der Waals surface area contributed by atoms with Crippen LogP contribution >= 0.6 is 24.8 Å². The average molecular weight is 677 g/mol. The molecule has 5 atom stereocenters. The molecule has 0 radical (unpaired) electrons. The third-order valence-corrected chi connectivity index (χ3v) is 9.73. The maximum atomic E-state index is 11.8. The van der Waals surface area contributed by atoms with Crippen LogP contribution in [0.15, 0.2) is 60.7 Å². The Morgan fingerprint density at radius 1 is 0.978 bits per heavy atom. The molecule has 1 saturated carbocycles. The summed E-state index contributed by atoms with van der Waals surface area (Å²) >= 11 is 0.